The zero-order chi connectivity index (χ0) is 16.8. The molecule has 0 radical (unpaired) electrons. The summed E-state index contributed by atoms with van der Waals surface area (Å²) in [5.74, 6) is 1.59. The molecule has 3 aromatic heterocycles. The summed E-state index contributed by atoms with van der Waals surface area (Å²) in [6.45, 7) is 3.49. The molecule has 0 saturated carbocycles. The predicted octanol–water partition coefficient (Wildman–Crippen LogP) is 1.66. The molecule has 0 saturated heterocycles. The van der Waals surface area contributed by atoms with E-state index in [0.29, 0.717) is 6.54 Å². The highest BCUT2D eigenvalue weighted by Crippen LogP contribution is 2.13. The van der Waals surface area contributed by atoms with Crippen LogP contribution in [0, 0.1) is 0 Å². The van der Waals surface area contributed by atoms with Crippen LogP contribution < -0.4 is 10.6 Å². The first-order valence-electron chi connectivity index (χ1n) is 7.97. The van der Waals surface area contributed by atoms with E-state index in [9.17, 15) is 0 Å². The van der Waals surface area contributed by atoms with Crippen molar-refractivity contribution in [2.75, 3.05) is 13.6 Å². The molecule has 2 N–H and O–H groups in total. The van der Waals surface area contributed by atoms with Crippen molar-refractivity contribution >= 4 is 22.9 Å². The van der Waals surface area contributed by atoms with Gasteiger partial charge in [0.15, 0.2) is 17.4 Å². The van der Waals surface area contributed by atoms with Gasteiger partial charge in [-0.15, -0.1) is 21.5 Å². The molecule has 0 bridgehead atoms. The number of rotatable bonds is 6. The standard InChI is InChI=1S/C16H21N7S/c1-3-12-10-19-15(24-12)7-8-18-16(17-2)20-11-14-22-21-13-6-4-5-9-23(13)14/h4-6,9-10H,3,7-8,11H2,1-2H3,(H2,17,18,20). The smallest absolute Gasteiger partial charge is 0.191 e. The van der Waals surface area contributed by atoms with Crippen molar-refractivity contribution < 1.29 is 0 Å². The Labute approximate surface area is 144 Å². The van der Waals surface area contributed by atoms with Crippen LogP contribution >= 0.6 is 11.3 Å². The van der Waals surface area contributed by atoms with E-state index < -0.39 is 0 Å². The number of pyridine rings is 1. The molecule has 0 amide bonds. The molecule has 0 unspecified atom stereocenters. The lowest BCUT2D eigenvalue weighted by Gasteiger charge is -2.10. The maximum Gasteiger partial charge on any atom is 0.191 e. The fourth-order valence-electron chi connectivity index (χ4n) is 2.31. The molecule has 0 aliphatic heterocycles. The Bertz CT molecular complexity index is 821. The van der Waals surface area contributed by atoms with Crippen LogP contribution in [0.5, 0.6) is 0 Å². The third-order valence-corrected chi connectivity index (χ3v) is 4.80. The van der Waals surface area contributed by atoms with Gasteiger partial charge in [0.1, 0.15) is 0 Å². The fraction of sp³-hybridized carbons (Fsp3) is 0.375. The number of nitrogens with one attached hydrogen (secondary N) is 2. The second kappa shape index (κ2) is 7.87. The lowest BCUT2D eigenvalue weighted by molar-refractivity contribution is 0.756. The number of nitrogens with zero attached hydrogens (tertiary/aromatic N) is 5. The molecular weight excluding hydrogens is 322 g/mol. The summed E-state index contributed by atoms with van der Waals surface area (Å²) >= 11 is 1.77. The average Bonchev–Trinajstić information content (AvgIpc) is 3.24. The van der Waals surface area contributed by atoms with Crippen LogP contribution in [0.3, 0.4) is 0 Å². The summed E-state index contributed by atoms with van der Waals surface area (Å²) in [6.07, 6.45) is 5.85. The van der Waals surface area contributed by atoms with Gasteiger partial charge in [-0.3, -0.25) is 9.39 Å². The van der Waals surface area contributed by atoms with Crippen molar-refractivity contribution in [2.24, 2.45) is 4.99 Å². The van der Waals surface area contributed by atoms with Crippen molar-refractivity contribution in [2.45, 2.75) is 26.3 Å². The highest BCUT2D eigenvalue weighted by molar-refractivity contribution is 7.11. The fourth-order valence-corrected chi connectivity index (χ4v) is 3.17. The lowest BCUT2D eigenvalue weighted by Crippen LogP contribution is -2.38. The molecule has 3 heterocycles. The molecule has 0 aliphatic carbocycles. The van der Waals surface area contributed by atoms with Crippen LogP contribution in [0.1, 0.15) is 22.6 Å². The van der Waals surface area contributed by atoms with E-state index >= 15 is 0 Å². The highest BCUT2D eigenvalue weighted by Gasteiger charge is 2.06. The van der Waals surface area contributed by atoms with E-state index in [1.54, 1.807) is 18.4 Å². The molecule has 0 atom stereocenters. The van der Waals surface area contributed by atoms with Gasteiger partial charge >= 0.3 is 0 Å². The summed E-state index contributed by atoms with van der Waals surface area (Å²) in [6, 6.07) is 5.85. The Hall–Kier alpha value is -2.48. The summed E-state index contributed by atoms with van der Waals surface area (Å²) in [4.78, 5) is 9.99. The monoisotopic (exact) mass is 343 g/mol. The van der Waals surface area contributed by atoms with Crippen LogP contribution in [-0.2, 0) is 19.4 Å². The Morgan fingerprint density at radius 3 is 3.00 bits per heavy atom. The number of aryl methyl sites for hydroxylation is 1. The Kier molecular flexibility index (Phi) is 5.37. The van der Waals surface area contributed by atoms with Gasteiger partial charge in [-0.05, 0) is 18.6 Å². The molecule has 3 rings (SSSR count). The number of hydrogen-bond acceptors (Lipinski definition) is 5. The van der Waals surface area contributed by atoms with Gasteiger partial charge in [-0.2, -0.15) is 0 Å². The molecule has 8 heteroatoms. The lowest BCUT2D eigenvalue weighted by atomic mass is 10.4. The van der Waals surface area contributed by atoms with E-state index in [1.165, 1.54) is 4.88 Å². The van der Waals surface area contributed by atoms with Crippen molar-refractivity contribution in [3.63, 3.8) is 0 Å². The average molecular weight is 343 g/mol. The zero-order valence-corrected chi connectivity index (χ0v) is 14.7. The minimum absolute atomic E-state index is 0.558. The summed E-state index contributed by atoms with van der Waals surface area (Å²) in [5.41, 5.74) is 0.841. The van der Waals surface area contributed by atoms with Crippen molar-refractivity contribution in [1.29, 1.82) is 0 Å². The number of aromatic nitrogens is 4. The number of guanidine groups is 1. The van der Waals surface area contributed by atoms with Gasteiger partial charge in [0.05, 0.1) is 11.6 Å². The SMILES string of the molecule is CCc1cnc(CCNC(=NC)NCc2nnc3ccccn23)s1. The third kappa shape index (κ3) is 3.88. The molecule has 0 fully saturated rings. The summed E-state index contributed by atoms with van der Waals surface area (Å²) < 4.78 is 1.96. The normalized spacial score (nSPS) is 11.8. The van der Waals surface area contributed by atoms with Crippen LogP contribution in [0.2, 0.25) is 0 Å². The molecule has 24 heavy (non-hydrogen) atoms. The quantitative estimate of drug-likeness (QED) is 0.526. The van der Waals surface area contributed by atoms with E-state index in [1.807, 2.05) is 35.0 Å². The van der Waals surface area contributed by atoms with Crippen molar-refractivity contribution in [3.8, 4) is 0 Å². The van der Waals surface area contributed by atoms with Crippen LogP contribution in [0.15, 0.2) is 35.6 Å². The Balaban J connectivity index is 1.50. The summed E-state index contributed by atoms with van der Waals surface area (Å²) in [7, 11) is 1.76. The van der Waals surface area contributed by atoms with Crippen molar-refractivity contribution in [3.05, 3.63) is 46.3 Å². The highest BCUT2D eigenvalue weighted by atomic mass is 32.1. The molecule has 3 aromatic rings. The van der Waals surface area contributed by atoms with E-state index in [2.05, 4.69) is 37.7 Å². The number of thiazole rings is 1. The van der Waals surface area contributed by atoms with Crippen molar-refractivity contribution in [1.82, 2.24) is 30.2 Å². The second-order valence-corrected chi connectivity index (χ2v) is 6.42. The van der Waals surface area contributed by atoms with Crippen LogP contribution in [-0.4, -0.2) is 39.1 Å². The first-order valence-corrected chi connectivity index (χ1v) is 8.78. The van der Waals surface area contributed by atoms with Gasteiger partial charge in [0.25, 0.3) is 0 Å². The molecule has 0 spiro atoms. The van der Waals surface area contributed by atoms with Crippen LogP contribution in [0.25, 0.3) is 5.65 Å². The molecule has 7 nitrogen and oxygen atoms in total. The van der Waals surface area contributed by atoms with E-state index in [0.717, 1.165) is 41.8 Å². The summed E-state index contributed by atoms with van der Waals surface area (Å²) in [5, 5.41) is 16.1. The zero-order valence-electron chi connectivity index (χ0n) is 13.9. The first-order chi connectivity index (χ1) is 11.8. The number of hydrogen-bond donors (Lipinski definition) is 2. The van der Waals surface area contributed by atoms with Gasteiger partial charge in [0.2, 0.25) is 0 Å². The molecule has 0 aliphatic rings. The minimum atomic E-state index is 0.558. The first kappa shape index (κ1) is 16.4. The largest absolute Gasteiger partial charge is 0.356 e. The third-order valence-electron chi connectivity index (χ3n) is 3.60. The Morgan fingerprint density at radius 2 is 2.21 bits per heavy atom. The predicted molar refractivity (Wildman–Crippen MR) is 96.4 cm³/mol. The van der Waals surface area contributed by atoms with Gasteiger partial charge < -0.3 is 10.6 Å². The van der Waals surface area contributed by atoms with E-state index in [4.69, 9.17) is 0 Å². The molecular formula is C16H21N7S. The molecule has 126 valence electrons. The second-order valence-electron chi connectivity index (χ2n) is 5.22. The van der Waals surface area contributed by atoms with Gasteiger partial charge in [-0.1, -0.05) is 13.0 Å². The van der Waals surface area contributed by atoms with E-state index in [-0.39, 0.29) is 0 Å². The molecule has 0 aromatic carbocycles. The number of fused-ring (bicyclic) bond motifs is 1. The van der Waals surface area contributed by atoms with Crippen LogP contribution in [0.4, 0.5) is 0 Å². The number of aliphatic imine (C=N–C) groups is 1. The maximum atomic E-state index is 4.43. The topological polar surface area (TPSA) is 79.5 Å². The van der Waals surface area contributed by atoms with Gasteiger partial charge in [-0.25, -0.2) is 4.98 Å². The van der Waals surface area contributed by atoms with Gasteiger partial charge in [0, 0.05) is 37.3 Å². The minimum Gasteiger partial charge on any atom is -0.356 e. The maximum absolute atomic E-state index is 4.43. The Morgan fingerprint density at radius 1 is 1.29 bits per heavy atom.